The Balaban J connectivity index is 1.56. The van der Waals surface area contributed by atoms with Crippen LogP contribution < -0.4 is 0 Å². The lowest BCUT2D eigenvalue weighted by Crippen LogP contribution is -2.46. The zero-order valence-electron chi connectivity index (χ0n) is 19.6. The highest BCUT2D eigenvalue weighted by molar-refractivity contribution is 14.1. The molecular formula is C26H23BrFIN4O3S. The van der Waals surface area contributed by atoms with E-state index in [4.69, 9.17) is 14.5 Å². The van der Waals surface area contributed by atoms with E-state index in [0.29, 0.717) is 35.1 Å². The third-order valence-electron chi connectivity index (χ3n) is 5.99. The number of hydrogen-bond donors (Lipinski definition) is 0. The van der Waals surface area contributed by atoms with Crippen molar-refractivity contribution < 1.29 is 18.7 Å². The molecule has 2 aromatic carbocycles. The summed E-state index contributed by atoms with van der Waals surface area (Å²) in [6, 6.07) is 13.7. The number of hydrogen-bond acceptors (Lipinski definition) is 7. The molecule has 0 aliphatic carbocycles. The van der Waals surface area contributed by atoms with E-state index >= 15 is 0 Å². The van der Waals surface area contributed by atoms with E-state index in [-0.39, 0.29) is 12.4 Å². The van der Waals surface area contributed by atoms with Crippen LogP contribution in [0.15, 0.2) is 78.8 Å². The maximum atomic E-state index is 13.9. The Labute approximate surface area is 240 Å². The van der Waals surface area contributed by atoms with Gasteiger partial charge >= 0.3 is 6.09 Å². The number of aliphatic imine (C=N–C) groups is 1. The quantitative estimate of drug-likeness (QED) is 0.289. The van der Waals surface area contributed by atoms with Crippen LogP contribution >= 0.6 is 49.9 Å². The molecule has 192 valence electrons. The van der Waals surface area contributed by atoms with Crippen molar-refractivity contribution in [1.82, 2.24) is 14.8 Å². The Morgan fingerprint density at radius 1 is 1.22 bits per heavy atom. The average molecular weight is 697 g/mol. The van der Waals surface area contributed by atoms with Crippen LogP contribution in [0.2, 0.25) is 0 Å². The molecule has 2 aliphatic rings. The molecule has 1 unspecified atom stereocenters. The lowest BCUT2D eigenvalue weighted by molar-refractivity contribution is 0.0397. The van der Waals surface area contributed by atoms with E-state index in [9.17, 15) is 9.18 Å². The molecule has 3 aromatic rings. The van der Waals surface area contributed by atoms with Crippen LogP contribution in [-0.2, 0) is 16.1 Å². The van der Waals surface area contributed by atoms with Crippen molar-refractivity contribution in [2.45, 2.75) is 12.6 Å². The molecule has 1 fully saturated rings. The normalized spacial score (nSPS) is 18.6. The van der Waals surface area contributed by atoms with Gasteiger partial charge in [-0.25, -0.2) is 19.1 Å². The van der Waals surface area contributed by atoms with Gasteiger partial charge in [0.25, 0.3) is 0 Å². The van der Waals surface area contributed by atoms with Crippen LogP contribution in [0.4, 0.5) is 9.18 Å². The Kier molecular flexibility index (Phi) is 8.65. The lowest BCUT2D eigenvalue weighted by Gasteiger charge is -2.36. The summed E-state index contributed by atoms with van der Waals surface area (Å²) < 4.78 is 26.7. The molecule has 1 saturated heterocycles. The van der Waals surface area contributed by atoms with Crippen LogP contribution in [0.3, 0.4) is 0 Å². The Hall–Kier alpha value is -2.19. The molecular weight excluding hydrogens is 674 g/mol. The summed E-state index contributed by atoms with van der Waals surface area (Å²) in [5.74, 6) is 0.0761. The van der Waals surface area contributed by atoms with Gasteiger partial charge in [-0.1, -0.05) is 52.3 Å². The number of amidine groups is 1. The van der Waals surface area contributed by atoms with Gasteiger partial charge in [-0.3, -0.25) is 9.89 Å². The van der Waals surface area contributed by atoms with Crippen LogP contribution in [0, 0.1) is 5.82 Å². The van der Waals surface area contributed by atoms with Crippen LogP contribution in [0.1, 0.15) is 22.2 Å². The molecule has 7 nitrogen and oxygen atoms in total. The van der Waals surface area contributed by atoms with E-state index < -0.39 is 12.1 Å². The third-order valence-corrected chi connectivity index (χ3v) is 8.66. The lowest BCUT2D eigenvalue weighted by atomic mass is 10.0. The highest BCUT2D eigenvalue weighted by Gasteiger charge is 2.38. The van der Waals surface area contributed by atoms with Gasteiger partial charge in [0, 0.05) is 39.3 Å². The molecule has 5 rings (SSSR count). The minimum atomic E-state index is -0.521. The van der Waals surface area contributed by atoms with Crippen molar-refractivity contribution in [2.24, 2.45) is 4.99 Å². The van der Waals surface area contributed by atoms with Crippen molar-refractivity contribution in [3.63, 3.8) is 0 Å². The zero-order chi connectivity index (χ0) is 25.8. The first-order valence-corrected chi connectivity index (χ1v) is 14.4. The average Bonchev–Trinajstić information content (AvgIpc) is 3.45. The molecule has 2 aliphatic heterocycles. The second-order valence-corrected chi connectivity index (χ2v) is 11.3. The van der Waals surface area contributed by atoms with E-state index in [0.717, 1.165) is 33.5 Å². The second-order valence-electron chi connectivity index (χ2n) is 8.42. The van der Waals surface area contributed by atoms with E-state index in [1.165, 1.54) is 23.5 Å². The first-order valence-electron chi connectivity index (χ1n) is 11.6. The van der Waals surface area contributed by atoms with Crippen LogP contribution in [-0.4, -0.2) is 59.6 Å². The van der Waals surface area contributed by atoms with Gasteiger partial charge in [0.2, 0.25) is 0 Å². The van der Waals surface area contributed by atoms with Crippen molar-refractivity contribution in [1.29, 1.82) is 0 Å². The van der Waals surface area contributed by atoms with E-state index in [1.54, 1.807) is 17.2 Å². The molecule has 0 N–H and O–H groups in total. The fraction of sp³-hybridized carbons (Fsp3) is 0.269. The number of carbonyl (C=O) groups excluding carboxylic acids is 1. The van der Waals surface area contributed by atoms with Gasteiger partial charge in [-0.05, 0) is 45.9 Å². The first kappa shape index (κ1) is 26.4. The van der Waals surface area contributed by atoms with E-state index in [2.05, 4.69) is 48.4 Å². The predicted octanol–water partition coefficient (Wildman–Crippen LogP) is 6.16. The number of thiazole rings is 1. The molecule has 3 heterocycles. The Morgan fingerprint density at radius 3 is 2.70 bits per heavy atom. The summed E-state index contributed by atoms with van der Waals surface area (Å²) in [5, 5.41) is 2.45. The summed E-state index contributed by atoms with van der Waals surface area (Å²) in [7, 11) is 0. The van der Waals surface area contributed by atoms with E-state index in [1.807, 2.05) is 35.7 Å². The molecule has 1 amide bonds. The smallest absolute Gasteiger partial charge is 0.420 e. The Bertz CT molecular complexity index is 1320. The molecule has 1 aromatic heterocycles. The number of aromatic nitrogens is 1. The van der Waals surface area contributed by atoms with Crippen molar-refractivity contribution >= 4 is 61.8 Å². The summed E-state index contributed by atoms with van der Waals surface area (Å²) in [4.78, 5) is 26.9. The summed E-state index contributed by atoms with van der Waals surface area (Å²) >= 11 is 7.16. The standard InChI is InChI=1S/C26H23BrFIN4O3S/c27-20-14-18(28)6-7-19(20)23-22(29)21(15-32-9-11-35-12-10-32)33(24(31-23)25-30-8-13-37-25)26(34)36-16-17-4-2-1-3-5-17/h1-8,13-14,23H,9-12,15-16H2. The summed E-state index contributed by atoms with van der Waals surface area (Å²) in [6.07, 6.45) is 1.16. The van der Waals surface area contributed by atoms with Crippen LogP contribution in [0.5, 0.6) is 0 Å². The predicted molar refractivity (Wildman–Crippen MR) is 152 cm³/mol. The second kappa shape index (κ2) is 12.1. The summed E-state index contributed by atoms with van der Waals surface area (Å²) in [6.45, 7) is 3.38. The van der Waals surface area contributed by atoms with Crippen molar-refractivity contribution in [3.8, 4) is 0 Å². The highest BCUT2D eigenvalue weighted by Crippen LogP contribution is 2.42. The fourth-order valence-electron chi connectivity index (χ4n) is 4.14. The molecule has 0 spiro atoms. The maximum absolute atomic E-state index is 13.9. The van der Waals surface area contributed by atoms with Gasteiger partial charge in [0.05, 0.1) is 18.9 Å². The van der Waals surface area contributed by atoms with Gasteiger partial charge in [-0.15, -0.1) is 11.3 Å². The minimum absolute atomic E-state index is 0.135. The fourth-order valence-corrected chi connectivity index (χ4v) is 6.22. The van der Waals surface area contributed by atoms with Gasteiger partial charge in [-0.2, -0.15) is 0 Å². The minimum Gasteiger partial charge on any atom is -0.444 e. The monoisotopic (exact) mass is 696 g/mol. The number of halogens is 3. The molecule has 11 heteroatoms. The number of nitrogens with zero attached hydrogens (tertiary/aromatic N) is 4. The number of benzene rings is 2. The van der Waals surface area contributed by atoms with Gasteiger partial charge in [0.15, 0.2) is 10.8 Å². The first-order chi connectivity index (χ1) is 18.0. The number of carbonyl (C=O) groups is 1. The van der Waals surface area contributed by atoms with Gasteiger partial charge in [0.1, 0.15) is 18.5 Å². The molecule has 1 atom stereocenters. The van der Waals surface area contributed by atoms with Crippen LogP contribution in [0.25, 0.3) is 0 Å². The molecule has 0 bridgehead atoms. The van der Waals surface area contributed by atoms with Crippen molar-refractivity contribution in [2.75, 3.05) is 32.8 Å². The third kappa shape index (κ3) is 6.11. The number of morpholine rings is 1. The van der Waals surface area contributed by atoms with Crippen molar-refractivity contribution in [3.05, 3.63) is 95.8 Å². The Morgan fingerprint density at radius 2 is 2.00 bits per heavy atom. The zero-order valence-corrected chi connectivity index (χ0v) is 24.2. The number of ether oxygens (including phenoxy) is 2. The molecule has 0 radical (unpaired) electrons. The summed E-state index contributed by atoms with van der Waals surface area (Å²) in [5.41, 5.74) is 2.46. The SMILES string of the molecule is O=C(OCc1ccccc1)N1C(c2nccs2)=NC(c2ccc(F)cc2Br)C(I)=C1CN1CCOCC1. The molecule has 37 heavy (non-hydrogen) atoms. The highest BCUT2D eigenvalue weighted by atomic mass is 127. The van der Waals surface area contributed by atoms with Gasteiger partial charge < -0.3 is 9.47 Å². The topological polar surface area (TPSA) is 67.3 Å². The maximum Gasteiger partial charge on any atom is 0.420 e. The number of amides is 1. The molecule has 0 saturated carbocycles. The number of rotatable bonds is 6. The largest absolute Gasteiger partial charge is 0.444 e.